The number of nitrogen functional groups attached to an aromatic ring is 1. The van der Waals surface area contributed by atoms with Crippen molar-refractivity contribution in [2.24, 2.45) is 5.16 Å². The molecule has 5 heterocycles. The first-order valence-electron chi connectivity index (χ1n) is 10.7. The number of carboxylic acid groups (broad SMARTS) is 1. The van der Waals surface area contributed by atoms with E-state index in [1.165, 1.54) is 23.8 Å². The van der Waals surface area contributed by atoms with Crippen LogP contribution in [0.1, 0.15) is 24.5 Å². The van der Waals surface area contributed by atoms with Crippen LogP contribution in [0.4, 0.5) is 5.13 Å². The molecular formula is C19H22N9O5S2+. The van der Waals surface area contributed by atoms with E-state index in [1.807, 2.05) is 9.25 Å². The number of hydrogen-bond donors (Lipinski definition) is 3. The number of aliphatic carboxylic acids is 1. The third-order valence-corrected chi connectivity index (χ3v) is 7.81. The number of β-lactam (4-membered cyclic amide) rings is 1. The van der Waals surface area contributed by atoms with Gasteiger partial charge >= 0.3 is 5.97 Å². The fourth-order valence-electron chi connectivity index (χ4n) is 4.37. The summed E-state index contributed by atoms with van der Waals surface area (Å²) in [7, 11) is 1.26. The van der Waals surface area contributed by atoms with Crippen LogP contribution in [0.15, 0.2) is 22.8 Å². The molecule has 0 radical (unpaired) electrons. The lowest BCUT2D eigenvalue weighted by atomic mass is 10.0. The van der Waals surface area contributed by atoms with E-state index in [0.717, 1.165) is 43.2 Å². The summed E-state index contributed by atoms with van der Waals surface area (Å²) in [6.07, 6.45) is 4.69. The van der Waals surface area contributed by atoms with Gasteiger partial charge in [-0.15, -0.1) is 16.4 Å². The number of nitrogens with two attached hydrogens (primary N) is 1. The smallest absolute Gasteiger partial charge is 0.352 e. The fourth-order valence-corrected chi connectivity index (χ4v) is 6.14. The Bertz CT molecular complexity index is 1270. The standard InChI is InChI=1S/C19H21N9O5S2/c1-33-24-11(14-23-19(20)35-25-14)15(29)22-12-16(30)28-13(18(31)32)9(7-34-17(12)28)6-26-8-21-27-5-3-2-4-10(26)27/h8,12,17H,2-7H2,1H3,(H3-,20,22,23,25,29,31,32)/p+1/b24-11-/t12-,17-/m1/s1. The summed E-state index contributed by atoms with van der Waals surface area (Å²) < 4.78 is 7.84. The first-order valence-corrected chi connectivity index (χ1v) is 12.6. The van der Waals surface area contributed by atoms with Crippen LogP contribution in [0.3, 0.4) is 0 Å². The molecule has 16 heteroatoms. The van der Waals surface area contributed by atoms with Crippen molar-refractivity contribution in [2.45, 2.75) is 43.8 Å². The highest BCUT2D eigenvalue weighted by Gasteiger charge is 2.54. The molecule has 5 rings (SSSR count). The molecule has 184 valence electrons. The molecule has 35 heavy (non-hydrogen) atoms. The quantitative estimate of drug-likeness (QED) is 0.172. The number of aromatic nitrogens is 5. The van der Waals surface area contributed by atoms with E-state index in [0.29, 0.717) is 17.9 Å². The number of rotatable bonds is 7. The van der Waals surface area contributed by atoms with E-state index in [2.05, 4.69) is 24.9 Å². The van der Waals surface area contributed by atoms with E-state index in [9.17, 15) is 19.5 Å². The van der Waals surface area contributed by atoms with Gasteiger partial charge in [-0.2, -0.15) is 9.36 Å². The molecule has 0 aromatic carbocycles. The highest BCUT2D eigenvalue weighted by atomic mass is 32.2. The van der Waals surface area contributed by atoms with Gasteiger partial charge < -0.3 is 21.0 Å². The molecule has 1 fully saturated rings. The fraction of sp³-hybridized carbons (Fsp3) is 0.474. The van der Waals surface area contributed by atoms with E-state index in [-0.39, 0.29) is 22.4 Å². The summed E-state index contributed by atoms with van der Waals surface area (Å²) in [5.74, 6) is -1.02. The third kappa shape index (κ3) is 4.12. The minimum Gasteiger partial charge on any atom is -0.477 e. The normalized spacial score (nSPS) is 21.8. The lowest BCUT2D eigenvalue weighted by Crippen LogP contribution is -2.71. The molecular weight excluding hydrogens is 498 g/mol. The Balaban J connectivity index is 1.35. The summed E-state index contributed by atoms with van der Waals surface area (Å²) in [6, 6.07) is -0.932. The number of carbonyl (C=O) groups is 3. The molecule has 3 aliphatic heterocycles. The number of amides is 2. The number of fused-ring (bicyclic) bond motifs is 2. The monoisotopic (exact) mass is 520 g/mol. The second-order valence-electron chi connectivity index (χ2n) is 8.05. The van der Waals surface area contributed by atoms with Gasteiger partial charge in [0.15, 0.2) is 5.13 Å². The number of hydrogen-bond acceptors (Lipinski definition) is 11. The Morgan fingerprint density at radius 2 is 2.26 bits per heavy atom. The van der Waals surface area contributed by atoms with Crippen LogP contribution in [0.2, 0.25) is 0 Å². The maximum absolute atomic E-state index is 13.0. The second-order valence-corrected chi connectivity index (χ2v) is 9.94. The zero-order chi connectivity index (χ0) is 24.7. The number of anilines is 1. The lowest BCUT2D eigenvalue weighted by Gasteiger charge is -2.49. The Kier molecular flexibility index (Phi) is 6.14. The van der Waals surface area contributed by atoms with Crippen LogP contribution in [0, 0.1) is 0 Å². The Labute approximate surface area is 207 Å². The highest BCUT2D eigenvalue weighted by Crippen LogP contribution is 2.40. The van der Waals surface area contributed by atoms with Gasteiger partial charge in [-0.1, -0.05) is 5.16 Å². The number of thioether (sulfide) groups is 1. The van der Waals surface area contributed by atoms with E-state index in [1.54, 1.807) is 6.33 Å². The SMILES string of the molecule is CO/N=C(\C(=O)N[C@@H]1C(=O)N2C(C(=O)O)=C(C[n+]3cnn4c3CCCC4)CS[C@H]12)c1nsc(N)n1. The van der Waals surface area contributed by atoms with Crippen molar-refractivity contribution in [2.75, 3.05) is 18.6 Å². The lowest BCUT2D eigenvalue weighted by molar-refractivity contribution is -0.697. The average molecular weight is 521 g/mol. The summed E-state index contributed by atoms with van der Waals surface area (Å²) >= 11 is 2.28. The Hall–Kier alpha value is -3.53. The number of oxime groups is 1. The van der Waals surface area contributed by atoms with E-state index in [4.69, 9.17) is 10.6 Å². The molecule has 0 unspecified atom stereocenters. The minimum atomic E-state index is -1.19. The molecule has 2 atom stereocenters. The predicted molar refractivity (Wildman–Crippen MR) is 123 cm³/mol. The summed E-state index contributed by atoms with van der Waals surface area (Å²) in [5, 5.41) is 20.2. The number of aryl methyl sites for hydroxylation is 1. The maximum atomic E-state index is 13.0. The zero-order valence-corrected chi connectivity index (χ0v) is 20.2. The molecule has 0 aliphatic carbocycles. The number of carbonyl (C=O) groups excluding carboxylic acids is 2. The molecule has 14 nitrogen and oxygen atoms in total. The number of nitrogens with zero attached hydrogens (tertiary/aromatic N) is 7. The van der Waals surface area contributed by atoms with Gasteiger partial charge in [0.05, 0.1) is 6.54 Å². The molecule has 3 aliphatic rings. The van der Waals surface area contributed by atoms with Gasteiger partial charge in [0.25, 0.3) is 18.1 Å². The van der Waals surface area contributed by atoms with E-state index < -0.39 is 29.2 Å². The van der Waals surface area contributed by atoms with Gasteiger partial charge in [-0.05, 0) is 12.8 Å². The van der Waals surface area contributed by atoms with Crippen molar-refractivity contribution in [3.05, 3.63) is 29.2 Å². The van der Waals surface area contributed by atoms with Crippen molar-refractivity contribution in [3.63, 3.8) is 0 Å². The van der Waals surface area contributed by atoms with Crippen molar-refractivity contribution in [3.8, 4) is 0 Å². The number of nitrogens with one attached hydrogen (secondary N) is 1. The number of carboxylic acids is 1. The molecule has 2 aromatic rings. The van der Waals surface area contributed by atoms with Crippen LogP contribution in [0.5, 0.6) is 0 Å². The van der Waals surface area contributed by atoms with Crippen LogP contribution in [-0.4, -0.2) is 76.9 Å². The third-order valence-electron chi connectivity index (χ3n) is 5.93. The van der Waals surface area contributed by atoms with Gasteiger partial charge in [0, 0.05) is 34.4 Å². The topological polar surface area (TPSA) is 182 Å². The van der Waals surface area contributed by atoms with Crippen LogP contribution in [-0.2, 0) is 38.7 Å². The van der Waals surface area contributed by atoms with Gasteiger partial charge in [0.2, 0.25) is 17.4 Å². The summed E-state index contributed by atoms with van der Waals surface area (Å²) in [4.78, 5) is 47.9. The van der Waals surface area contributed by atoms with Crippen molar-refractivity contribution >= 4 is 51.9 Å². The second kappa shape index (κ2) is 9.26. The minimum absolute atomic E-state index is 0.0262. The highest BCUT2D eigenvalue weighted by molar-refractivity contribution is 8.00. The molecule has 0 saturated carbocycles. The zero-order valence-electron chi connectivity index (χ0n) is 18.6. The molecule has 2 aromatic heterocycles. The van der Waals surface area contributed by atoms with Gasteiger partial charge in [0.1, 0.15) is 30.8 Å². The molecule has 4 N–H and O–H groups in total. The van der Waals surface area contributed by atoms with Crippen LogP contribution in [0.25, 0.3) is 0 Å². The Morgan fingerprint density at radius 1 is 1.43 bits per heavy atom. The molecule has 1 saturated heterocycles. The van der Waals surface area contributed by atoms with Crippen LogP contribution >= 0.6 is 23.3 Å². The average Bonchev–Trinajstić information content (AvgIpc) is 3.46. The molecule has 0 spiro atoms. The van der Waals surface area contributed by atoms with E-state index >= 15 is 0 Å². The largest absolute Gasteiger partial charge is 0.477 e. The van der Waals surface area contributed by atoms with Crippen LogP contribution < -0.4 is 15.6 Å². The maximum Gasteiger partial charge on any atom is 0.352 e. The Morgan fingerprint density at radius 3 is 2.97 bits per heavy atom. The van der Waals surface area contributed by atoms with Gasteiger partial charge in [-0.25, -0.2) is 9.36 Å². The first-order chi connectivity index (χ1) is 16.9. The first kappa shape index (κ1) is 23.2. The van der Waals surface area contributed by atoms with Gasteiger partial charge in [-0.3, -0.25) is 14.5 Å². The summed E-state index contributed by atoms with van der Waals surface area (Å²) in [6.45, 7) is 1.17. The molecule has 2 amide bonds. The molecule has 0 bridgehead atoms. The summed E-state index contributed by atoms with van der Waals surface area (Å²) in [5.41, 5.74) is 5.93. The predicted octanol–water partition coefficient (Wildman–Crippen LogP) is -1.27. The van der Waals surface area contributed by atoms with Crippen molar-refractivity contribution in [1.29, 1.82) is 0 Å². The van der Waals surface area contributed by atoms with Crippen molar-refractivity contribution < 1.29 is 28.9 Å². The van der Waals surface area contributed by atoms with Crippen molar-refractivity contribution in [1.82, 2.24) is 29.4 Å².